The van der Waals surface area contributed by atoms with Gasteiger partial charge >= 0.3 is 0 Å². The number of methoxy groups -OCH3 is 1. The van der Waals surface area contributed by atoms with E-state index in [1.165, 1.54) is 15.6 Å². The number of fused-ring (bicyclic) bond motifs is 1. The van der Waals surface area contributed by atoms with Crippen molar-refractivity contribution in [3.05, 3.63) is 47.5 Å². The van der Waals surface area contributed by atoms with Gasteiger partial charge in [-0.15, -0.1) is 0 Å². The Morgan fingerprint density at radius 2 is 1.69 bits per heavy atom. The molecule has 0 unspecified atom stereocenters. The molecule has 1 saturated carbocycles. The number of thiazole rings is 1. The fraction of sp³-hybridized carbons (Fsp3) is 0.517. The highest BCUT2D eigenvalue weighted by Gasteiger charge is 2.30. The lowest BCUT2D eigenvalue weighted by Crippen LogP contribution is -2.39. The maximum absolute atomic E-state index is 13.9. The number of amides is 1. The minimum absolute atomic E-state index is 0.0279. The molecule has 3 aromatic rings. The van der Waals surface area contributed by atoms with E-state index in [9.17, 15) is 13.2 Å². The lowest BCUT2D eigenvalue weighted by atomic mass is 9.96. The Morgan fingerprint density at radius 3 is 2.31 bits per heavy atom. The van der Waals surface area contributed by atoms with Crippen LogP contribution in [0.1, 0.15) is 61.9 Å². The molecule has 0 spiro atoms. The first-order valence-corrected chi connectivity index (χ1v) is 16.0. The van der Waals surface area contributed by atoms with Gasteiger partial charge in [-0.05, 0) is 68.8 Å². The molecule has 1 aliphatic rings. The highest BCUT2D eigenvalue weighted by molar-refractivity contribution is 7.89. The molecule has 1 fully saturated rings. The number of rotatable bonds is 11. The van der Waals surface area contributed by atoms with E-state index in [0.29, 0.717) is 29.5 Å². The van der Waals surface area contributed by atoms with E-state index in [4.69, 9.17) is 9.72 Å². The first-order valence-electron chi connectivity index (χ1n) is 13.8. The Bertz CT molecular complexity index is 1380. The monoisotopic (exact) mass is 572 g/mol. The van der Waals surface area contributed by atoms with Gasteiger partial charge in [0.25, 0.3) is 5.91 Å². The van der Waals surface area contributed by atoms with Crippen LogP contribution in [0.2, 0.25) is 0 Å². The second-order valence-corrected chi connectivity index (χ2v) is 13.1. The van der Waals surface area contributed by atoms with E-state index in [-0.39, 0.29) is 16.8 Å². The number of aryl methyl sites for hydroxylation is 1. The Hall–Kier alpha value is -2.53. The fourth-order valence-corrected chi connectivity index (χ4v) is 7.67. The maximum atomic E-state index is 13.9. The molecule has 10 heteroatoms. The summed E-state index contributed by atoms with van der Waals surface area (Å²) in [5, 5.41) is 0.600. The summed E-state index contributed by atoms with van der Waals surface area (Å²) in [6.45, 7) is 9.15. The van der Waals surface area contributed by atoms with Gasteiger partial charge in [0.1, 0.15) is 11.3 Å². The van der Waals surface area contributed by atoms with Crippen LogP contribution in [-0.2, 0) is 10.0 Å². The number of ether oxygens (including phenoxy) is 1. The second kappa shape index (κ2) is 12.8. The highest BCUT2D eigenvalue weighted by Crippen LogP contribution is 2.37. The van der Waals surface area contributed by atoms with Crippen LogP contribution in [0.25, 0.3) is 10.2 Å². The van der Waals surface area contributed by atoms with E-state index in [1.54, 1.807) is 43.3 Å². The Balaban J connectivity index is 1.64. The van der Waals surface area contributed by atoms with Crippen molar-refractivity contribution in [2.24, 2.45) is 0 Å². The molecule has 0 atom stereocenters. The third-order valence-corrected chi connectivity index (χ3v) is 10.9. The number of benzene rings is 2. The zero-order chi connectivity index (χ0) is 28.2. The van der Waals surface area contributed by atoms with Gasteiger partial charge in [-0.1, -0.05) is 50.5 Å². The van der Waals surface area contributed by atoms with Gasteiger partial charge in [0.05, 0.1) is 16.7 Å². The summed E-state index contributed by atoms with van der Waals surface area (Å²) in [6, 6.07) is 10.3. The Kier molecular flexibility index (Phi) is 9.64. The third kappa shape index (κ3) is 6.29. The molecule has 0 bridgehead atoms. The molecule has 4 rings (SSSR count). The van der Waals surface area contributed by atoms with Gasteiger partial charge in [0.15, 0.2) is 5.13 Å². The topological polar surface area (TPSA) is 83.1 Å². The van der Waals surface area contributed by atoms with E-state index in [2.05, 4.69) is 18.7 Å². The molecular formula is C29H40N4O4S2. The van der Waals surface area contributed by atoms with Gasteiger partial charge < -0.3 is 9.64 Å². The number of hydrogen-bond donors (Lipinski definition) is 0. The summed E-state index contributed by atoms with van der Waals surface area (Å²) in [5.74, 6) is 0.466. The first-order chi connectivity index (χ1) is 18.7. The average Bonchev–Trinajstić information content (AvgIpc) is 3.41. The lowest BCUT2D eigenvalue weighted by Gasteiger charge is -2.30. The van der Waals surface area contributed by atoms with Crippen LogP contribution in [0.4, 0.5) is 5.13 Å². The van der Waals surface area contributed by atoms with Crippen LogP contribution in [0.15, 0.2) is 41.3 Å². The standard InChI is InChI=1S/C29H40N4O4S2/c1-6-32(7-2)19-20-33(29-30-26-25(37-5)18-13-21(3)27(26)38-29)28(34)22-14-16-24(17-15-22)39(35,36)31(4)23-11-9-8-10-12-23/h13-18,23H,6-12,19-20H2,1-5H3. The van der Waals surface area contributed by atoms with E-state index < -0.39 is 10.0 Å². The van der Waals surface area contributed by atoms with Crippen LogP contribution >= 0.6 is 11.3 Å². The number of aromatic nitrogens is 1. The smallest absolute Gasteiger partial charge is 0.260 e. The molecule has 1 heterocycles. The molecule has 212 valence electrons. The second-order valence-electron chi connectivity index (χ2n) is 10.1. The summed E-state index contributed by atoms with van der Waals surface area (Å²) in [6.07, 6.45) is 5.05. The lowest BCUT2D eigenvalue weighted by molar-refractivity contribution is 0.0983. The van der Waals surface area contributed by atoms with Gasteiger partial charge in [-0.2, -0.15) is 4.31 Å². The summed E-state index contributed by atoms with van der Waals surface area (Å²) in [5.41, 5.74) is 2.24. The van der Waals surface area contributed by atoms with Crippen LogP contribution in [0.3, 0.4) is 0 Å². The van der Waals surface area contributed by atoms with Crippen molar-refractivity contribution in [1.29, 1.82) is 0 Å². The van der Waals surface area contributed by atoms with Crippen LogP contribution in [-0.4, -0.2) is 74.9 Å². The number of nitrogens with zero attached hydrogens (tertiary/aromatic N) is 4. The summed E-state index contributed by atoms with van der Waals surface area (Å²) < 4.78 is 34.6. The van der Waals surface area contributed by atoms with Gasteiger partial charge in [0, 0.05) is 31.7 Å². The molecule has 0 N–H and O–H groups in total. The van der Waals surface area contributed by atoms with Crippen molar-refractivity contribution in [2.75, 3.05) is 45.2 Å². The summed E-state index contributed by atoms with van der Waals surface area (Å²) in [7, 11) is -0.346. The van der Waals surface area contributed by atoms with Crippen molar-refractivity contribution >= 4 is 42.6 Å². The van der Waals surface area contributed by atoms with Crippen molar-refractivity contribution in [2.45, 2.75) is 63.8 Å². The van der Waals surface area contributed by atoms with Crippen molar-refractivity contribution in [3.8, 4) is 5.75 Å². The van der Waals surface area contributed by atoms with Gasteiger partial charge in [-0.25, -0.2) is 13.4 Å². The zero-order valence-corrected chi connectivity index (χ0v) is 25.3. The maximum Gasteiger partial charge on any atom is 0.260 e. The van der Waals surface area contributed by atoms with Crippen LogP contribution < -0.4 is 9.64 Å². The van der Waals surface area contributed by atoms with Gasteiger partial charge in [0.2, 0.25) is 10.0 Å². The molecule has 1 aromatic heterocycles. The SMILES string of the molecule is CCN(CC)CCN(C(=O)c1ccc(S(=O)(=O)N(C)C2CCCCC2)cc1)c1nc2c(OC)ccc(C)c2s1. The number of carbonyl (C=O) groups excluding carboxylic acids is 1. The molecule has 0 aliphatic heterocycles. The van der Waals surface area contributed by atoms with E-state index in [0.717, 1.165) is 61.0 Å². The first kappa shape index (κ1) is 29.5. The van der Waals surface area contributed by atoms with Gasteiger partial charge in [-0.3, -0.25) is 9.69 Å². The molecule has 0 saturated heterocycles. The number of hydrogen-bond acceptors (Lipinski definition) is 7. The highest BCUT2D eigenvalue weighted by atomic mass is 32.2. The minimum Gasteiger partial charge on any atom is -0.494 e. The average molecular weight is 573 g/mol. The molecular weight excluding hydrogens is 532 g/mol. The molecule has 1 amide bonds. The number of carbonyl (C=O) groups is 1. The quantitative estimate of drug-likeness (QED) is 0.299. The predicted octanol–water partition coefficient (Wildman–Crippen LogP) is 5.56. The van der Waals surface area contributed by atoms with Crippen molar-refractivity contribution in [1.82, 2.24) is 14.2 Å². The van der Waals surface area contributed by atoms with E-state index in [1.807, 2.05) is 19.1 Å². The van der Waals surface area contributed by atoms with Crippen LogP contribution in [0, 0.1) is 6.92 Å². The molecule has 2 aromatic carbocycles. The number of likely N-dealkylation sites (N-methyl/N-ethyl adjacent to an activating group) is 1. The molecule has 0 radical (unpaired) electrons. The summed E-state index contributed by atoms with van der Waals surface area (Å²) in [4.78, 5) is 22.9. The predicted molar refractivity (Wildman–Crippen MR) is 159 cm³/mol. The van der Waals surface area contributed by atoms with Crippen molar-refractivity contribution < 1.29 is 17.9 Å². The summed E-state index contributed by atoms with van der Waals surface area (Å²) >= 11 is 1.47. The van der Waals surface area contributed by atoms with Crippen LogP contribution in [0.5, 0.6) is 5.75 Å². The fourth-order valence-electron chi connectivity index (χ4n) is 5.18. The molecule has 8 nitrogen and oxygen atoms in total. The molecule has 39 heavy (non-hydrogen) atoms. The largest absolute Gasteiger partial charge is 0.494 e. The Morgan fingerprint density at radius 1 is 1.03 bits per heavy atom. The minimum atomic E-state index is -3.63. The normalized spacial score (nSPS) is 14.8. The van der Waals surface area contributed by atoms with E-state index >= 15 is 0 Å². The van der Waals surface area contributed by atoms with Crippen molar-refractivity contribution in [3.63, 3.8) is 0 Å². The number of anilines is 1. The Labute approximate surface area is 236 Å². The third-order valence-electron chi connectivity index (χ3n) is 7.79. The molecule has 1 aliphatic carbocycles. The zero-order valence-electron chi connectivity index (χ0n) is 23.6. The number of sulfonamides is 1.